The summed E-state index contributed by atoms with van der Waals surface area (Å²) in [5.41, 5.74) is 2.52. The van der Waals surface area contributed by atoms with Crippen molar-refractivity contribution in [3.8, 4) is 0 Å². The van der Waals surface area contributed by atoms with E-state index in [-0.39, 0.29) is 5.91 Å². The molecule has 80 valence electrons. The summed E-state index contributed by atoms with van der Waals surface area (Å²) in [4.78, 5) is 11.3. The highest BCUT2D eigenvalue weighted by Crippen LogP contribution is 2.42. The number of fused-ring (bicyclic) bond motifs is 1. The molecule has 1 saturated carbocycles. The van der Waals surface area contributed by atoms with Gasteiger partial charge in [-0.3, -0.25) is 9.89 Å². The number of aromatic amines is 1. The van der Waals surface area contributed by atoms with Crippen molar-refractivity contribution in [3.05, 3.63) is 11.3 Å². The van der Waals surface area contributed by atoms with Gasteiger partial charge in [0.05, 0.1) is 0 Å². The van der Waals surface area contributed by atoms with Crippen molar-refractivity contribution in [2.24, 2.45) is 0 Å². The van der Waals surface area contributed by atoms with Gasteiger partial charge in [0, 0.05) is 23.6 Å². The maximum atomic E-state index is 11.3. The third-order valence-corrected chi connectivity index (χ3v) is 3.59. The van der Waals surface area contributed by atoms with Crippen LogP contribution in [0.4, 0.5) is 5.82 Å². The molecule has 2 heterocycles. The molecular weight excluding hydrogens is 190 g/mol. The molecule has 0 saturated heterocycles. The number of nitrogens with zero attached hydrogens (tertiary/aromatic N) is 1. The van der Waals surface area contributed by atoms with Crippen molar-refractivity contribution in [1.29, 1.82) is 0 Å². The highest BCUT2D eigenvalue weighted by atomic mass is 16.1. The van der Waals surface area contributed by atoms with Gasteiger partial charge >= 0.3 is 0 Å². The lowest BCUT2D eigenvalue weighted by Gasteiger charge is -2.27. The normalized spacial score (nSPS) is 25.7. The second-order valence-corrected chi connectivity index (χ2v) is 4.68. The van der Waals surface area contributed by atoms with Crippen molar-refractivity contribution >= 4 is 11.7 Å². The maximum Gasteiger partial charge on any atom is 0.226 e. The van der Waals surface area contributed by atoms with Crippen LogP contribution in [0.5, 0.6) is 0 Å². The largest absolute Gasteiger partial charge is 0.309 e. The Morgan fingerprint density at radius 1 is 1.40 bits per heavy atom. The number of anilines is 1. The molecule has 0 unspecified atom stereocenters. The zero-order chi connectivity index (χ0) is 10.4. The highest BCUT2D eigenvalue weighted by molar-refractivity contribution is 5.93. The van der Waals surface area contributed by atoms with E-state index in [9.17, 15) is 4.79 Å². The van der Waals surface area contributed by atoms with Crippen LogP contribution >= 0.6 is 0 Å². The van der Waals surface area contributed by atoms with Gasteiger partial charge in [0.25, 0.3) is 0 Å². The fraction of sp³-hybridized carbons (Fsp3) is 0.636. The molecule has 1 atom stereocenters. The summed E-state index contributed by atoms with van der Waals surface area (Å²) in [7, 11) is 0. The Kier molecular flexibility index (Phi) is 1.84. The quantitative estimate of drug-likeness (QED) is 0.737. The fourth-order valence-electron chi connectivity index (χ4n) is 2.53. The van der Waals surface area contributed by atoms with Crippen molar-refractivity contribution in [1.82, 2.24) is 10.2 Å². The van der Waals surface area contributed by atoms with Gasteiger partial charge in [0.2, 0.25) is 5.91 Å². The van der Waals surface area contributed by atoms with Crippen molar-refractivity contribution in [2.75, 3.05) is 5.32 Å². The first-order valence-electron chi connectivity index (χ1n) is 5.63. The van der Waals surface area contributed by atoms with Crippen LogP contribution in [0.3, 0.4) is 0 Å². The van der Waals surface area contributed by atoms with Gasteiger partial charge in [-0.05, 0) is 18.8 Å². The summed E-state index contributed by atoms with van der Waals surface area (Å²) in [6, 6.07) is 0. The van der Waals surface area contributed by atoms with Crippen LogP contribution in [-0.2, 0) is 4.79 Å². The van der Waals surface area contributed by atoms with E-state index in [2.05, 4.69) is 22.4 Å². The molecular formula is C11H15N3O. The molecule has 1 aliphatic heterocycles. The third kappa shape index (κ3) is 1.28. The third-order valence-electron chi connectivity index (χ3n) is 3.59. The molecule has 1 amide bonds. The van der Waals surface area contributed by atoms with Gasteiger partial charge in [0.1, 0.15) is 0 Å². The molecule has 2 aliphatic rings. The number of aromatic nitrogens is 2. The number of nitrogens with one attached hydrogen (secondary N) is 2. The molecule has 4 heteroatoms. The summed E-state index contributed by atoms with van der Waals surface area (Å²) in [5.74, 6) is 1.81. The van der Waals surface area contributed by atoms with E-state index in [4.69, 9.17) is 0 Å². The SMILES string of the molecule is C[C@H]1CC(=O)Nc2n[nH]c(C3CCC3)c21. The van der Waals surface area contributed by atoms with Crippen molar-refractivity contribution in [2.45, 2.75) is 44.4 Å². The minimum Gasteiger partial charge on any atom is -0.309 e. The van der Waals surface area contributed by atoms with E-state index < -0.39 is 0 Å². The van der Waals surface area contributed by atoms with E-state index in [1.165, 1.54) is 30.5 Å². The zero-order valence-corrected chi connectivity index (χ0v) is 8.84. The summed E-state index contributed by atoms with van der Waals surface area (Å²) < 4.78 is 0. The van der Waals surface area contributed by atoms with Crippen LogP contribution in [0, 0.1) is 0 Å². The van der Waals surface area contributed by atoms with Gasteiger partial charge in [-0.1, -0.05) is 13.3 Å². The predicted octanol–water partition coefficient (Wildman–Crippen LogP) is 2.12. The van der Waals surface area contributed by atoms with Gasteiger partial charge < -0.3 is 5.32 Å². The standard InChI is InChI=1S/C11H15N3O/c1-6-5-8(15)12-11-9(6)10(13-14-11)7-3-2-4-7/h6-7H,2-5H2,1H3,(H2,12,13,14,15)/t6-/m0/s1. The molecule has 2 N–H and O–H groups in total. The first-order valence-corrected chi connectivity index (χ1v) is 5.63. The number of rotatable bonds is 1. The average Bonchev–Trinajstić information content (AvgIpc) is 2.45. The van der Waals surface area contributed by atoms with Gasteiger partial charge in [-0.15, -0.1) is 0 Å². The summed E-state index contributed by atoms with van der Waals surface area (Å²) >= 11 is 0. The van der Waals surface area contributed by atoms with E-state index in [1.54, 1.807) is 0 Å². The minimum absolute atomic E-state index is 0.0849. The molecule has 3 rings (SSSR count). The molecule has 15 heavy (non-hydrogen) atoms. The number of carbonyl (C=O) groups excluding carboxylic acids is 1. The monoisotopic (exact) mass is 205 g/mol. The molecule has 0 spiro atoms. The fourth-order valence-corrected chi connectivity index (χ4v) is 2.53. The molecule has 1 aliphatic carbocycles. The predicted molar refractivity (Wildman–Crippen MR) is 56.8 cm³/mol. The molecule has 1 aromatic heterocycles. The Labute approximate surface area is 88.4 Å². The number of hydrogen-bond acceptors (Lipinski definition) is 2. The van der Waals surface area contributed by atoms with Crippen LogP contribution < -0.4 is 5.32 Å². The minimum atomic E-state index is 0.0849. The molecule has 0 aromatic carbocycles. The first kappa shape index (κ1) is 8.95. The topological polar surface area (TPSA) is 57.8 Å². The number of amides is 1. The number of hydrogen-bond donors (Lipinski definition) is 2. The summed E-state index contributed by atoms with van der Waals surface area (Å²) in [5, 5.41) is 10.1. The Bertz CT molecular complexity index is 406. The van der Waals surface area contributed by atoms with E-state index in [0.29, 0.717) is 18.3 Å². The second-order valence-electron chi connectivity index (χ2n) is 4.68. The van der Waals surface area contributed by atoms with Crippen molar-refractivity contribution in [3.63, 3.8) is 0 Å². The van der Waals surface area contributed by atoms with Gasteiger partial charge in [-0.25, -0.2) is 0 Å². The summed E-state index contributed by atoms with van der Waals surface area (Å²) in [6.07, 6.45) is 4.43. The van der Waals surface area contributed by atoms with E-state index >= 15 is 0 Å². The van der Waals surface area contributed by atoms with Crippen LogP contribution in [0.15, 0.2) is 0 Å². The maximum absolute atomic E-state index is 11.3. The Morgan fingerprint density at radius 2 is 2.20 bits per heavy atom. The summed E-state index contributed by atoms with van der Waals surface area (Å²) in [6.45, 7) is 2.11. The first-order chi connectivity index (χ1) is 7.25. The lowest BCUT2D eigenvalue weighted by atomic mass is 9.79. The van der Waals surface area contributed by atoms with E-state index in [0.717, 1.165) is 5.82 Å². The van der Waals surface area contributed by atoms with Crippen LogP contribution in [0.1, 0.15) is 55.7 Å². The molecule has 0 bridgehead atoms. The Balaban J connectivity index is 2.01. The lowest BCUT2D eigenvalue weighted by Crippen LogP contribution is -2.22. The van der Waals surface area contributed by atoms with Crippen molar-refractivity contribution < 1.29 is 4.79 Å². The Morgan fingerprint density at radius 3 is 2.87 bits per heavy atom. The van der Waals surface area contributed by atoms with E-state index in [1.807, 2.05) is 0 Å². The second kappa shape index (κ2) is 3.08. The average molecular weight is 205 g/mol. The molecule has 1 aromatic rings. The molecule has 4 nitrogen and oxygen atoms in total. The van der Waals surface area contributed by atoms with Gasteiger partial charge in [-0.2, -0.15) is 5.10 Å². The lowest BCUT2D eigenvalue weighted by molar-refractivity contribution is -0.116. The molecule has 1 fully saturated rings. The van der Waals surface area contributed by atoms with Crippen LogP contribution in [-0.4, -0.2) is 16.1 Å². The molecule has 0 radical (unpaired) electrons. The number of carbonyl (C=O) groups is 1. The Hall–Kier alpha value is -1.32. The smallest absolute Gasteiger partial charge is 0.226 e. The zero-order valence-electron chi connectivity index (χ0n) is 8.84. The van der Waals surface area contributed by atoms with Crippen LogP contribution in [0.2, 0.25) is 0 Å². The number of H-pyrrole nitrogens is 1. The van der Waals surface area contributed by atoms with Gasteiger partial charge in [0.15, 0.2) is 5.82 Å². The van der Waals surface area contributed by atoms with Crippen LogP contribution in [0.25, 0.3) is 0 Å². The highest BCUT2D eigenvalue weighted by Gasteiger charge is 2.32.